The Morgan fingerprint density at radius 1 is 0.585 bits per heavy atom. The van der Waals surface area contributed by atoms with Crippen molar-refractivity contribution in [3.05, 3.63) is 109 Å². The number of epoxide rings is 1. The van der Waals surface area contributed by atoms with E-state index in [-0.39, 0.29) is 19.4 Å². The summed E-state index contributed by atoms with van der Waals surface area (Å²) in [6.07, 6.45) is 50.1. The van der Waals surface area contributed by atoms with Gasteiger partial charge in [-0.05, 0) is 89.9 Å². The van der Waals surface area contributed by atoms with E-state index in [1.165, 1.54) is 0 Å². The van der Waals surface area contributed by atoms with Crippen molar-refractivity contribution in [2.45, 2.75) is 135 Å². The van der Waals surface area contributed by atoms with E-state index in [0.717, 1.165) is 77.0 Å². The molecule has 1 heterocycles. The number of hydrogen-bond acceptors (Lipinski definition) is 7. The summed E-state index contributed by atoms with van der Waals surface area (Å²) in [6, 6.07) is 0. The van der Waals surface area contributed by atoms with Crippen LogP contribution in [0.15, 0.2) is 109 Å². The van der Waals surface area contributed by atoms with Gasteiger partial charge in [-0.2, -0.15) is 0 Å². The first kappa shape index (κ1) is 47.7. The number of ether oxygens (including phenoxy) is 3. The van der Waals surface area contributed by atoms with Crippen LogP contribution in [0.5, 0.6) is 0 Å². The number of esters is 2. The van der Waals surface area contributed by atoms with Gasteiger partial charge in [-0.1, -0.05) is 123 Å². The van der Waals surface area contributed by atoms with Gasteiger partial charge in [0.25, 0.3) is 0 Å². The molecule has 9 nitrogen and oxygen atoms in total. The van der Waals surface area contributed by atoms with Gasteiger partial charge in [-0.15, -0.1) is 0 Å². The van der Waals surface area contributed by atoms with Crippen LogP contribution < -0.4 is 0 Å². The van der Waals surface area contributed by atoms with E-state index < -0.39 is 32.5 Å². The Kier molecular flexibility index (Phi) is 29.9. The number of rotatable bonds is 32. The smallest absolute Gasteiger partial charge is 0.462 e. The monoisotopic (exact) mass is 756 g/mol. The Morgan fingerprint density at radius 3 is 1.57 bits per heavy atom. The minimum absolute atomic E-state index is 0.122. The third kappa shape index (κ3) is 33.0. The fraction of sp³-hybridized carbons (Fsp3) is 0.535. The summed E-state index contributed by atoms with van der Waals surface area (Å²) >= 11 is 0. The lowest BCUT2D eigenvalue weighted by atomic mass is 10.1. The Labute approximate surface area is 319 Å². The summed E-state index contributed by atoms with van der Waals surface area (Å²) in [7, 11) is -4.79. The van der Waals surface area contributed by atoms with E-state index in [4.69, 9.17) is 24.0 Å². The van der Waals surface area contributed by atoms with E-state index in [9.17, 15) is 14.2 Å². The first-order valence-electron chi connectivity index (χ1n) is 19.3. The van der Waals surface area contributed by atoms with Crippen LogP contribution in [0.25, 0.3) is 0 Å². The second-order valence-corrected chi connectivity index (χ2v) is 13.8. The van der Waals surface area contributed by atoms with Crippen LogP contribution in [0.4, 0.5) is 0 Å². The number of hydrogen-bond donors (Lipinski definition) is 2. The standard InChI is InChI=1S/C43H65O9P/c1-3-5-7-8-9-10-11-12-13-14-19-22-25-28-32-36-43(45)51-39(38-50-53(46,47)48)37-49-42(44)35-31-27-24-21-18-16-15-17-20-23-26-30-34-41-40(52-41)33-29-6-4-2/h5-7,9-10,12-13,16-20,22,24,26-27,29-30,39-41H,3-4,8,11,14-15,21,23,25,28,31-38H2,1-2H3,(H2,46,47,48)/b7-5-,10-9-,13-12-,18-16-,20-17-,22-19-,27-24-,29-6-,30-26-/t39-,40?,41?/m1/s1. The van der Waals surface area contributed by atoms with Crippen molar-refractivity contribution in [3.63, 3.8) is 0 Å². The highest BCUT2D eigenvalue weighted by molar-refractivity contribution is 7.46. The van der Waals surface area contributed by atoms with Gasteiger partial charge >= 0.3 is 19.8 Å². The first-order valence-corrected chi connectivity index (χ1v) is 20.8. The maximum atomic E-state index is 12.4. The molecule has 0 spiro atoms. The molecule has 2 N–H and O–H groups in total. The zero-order chi connectivity index (χ0) is 38.7. The lowest BCUT2D eigenvalue weighted by molar-refractivity contribution is -0.161. The van der Waals surface area contributed by atoms with E-state index >= 15 is 0 Å². The Hall–Kier alpha value is -3.33. The van der Waals surface area contributed by atoms with Crippen LogP contribution >= 0.6 is 7.82 Å². The van der Waals surface area contributed by atoms with Crippen molar-refractivity contribution >= 4 is 19.8 Å². The molecule has 1 fully saturated rings. The molecule has 10 heteroatoms. The second kappa shape index (κ2) is 33.3. The Balaban J connectivity index is 2.18. The molecule has 53 heavy (non-hydrogen) atoms. The SMILES string of the molecule is CC/C=C\C/C=C\C/C=C\C/C=C\CCCCC(=O)O[C@H](COC(=O)CC/C=C\C/C=C\C/C=C\C/C=C\CC1OC1C/C=C\CC)COP(=O)(O)O. The van der Waals surface area contributed by atoms with Crippen molar-refractivity contribution in [2.24, 2.45) is 0 Å². The van der Waals surface area contributed by atoms with Crippen LogP contribution in [0.1, 0.15) is 117 Å². The summed E-state index contributed by atoms with van der Waals surface area (Å²) in [5, 5.41) is 0. The molecular formula is C43H65O9P. The molecule has 2 unspecified atom stereocenters. The van der Waals surface area contributed by atoms with E-state index in [1.807, 2.05) is 12.2 Å². The Morgan fingerprint density at radius 2 is 1.04 bits per heavy atom. The van der Waals surface area contributed by atoms with Crippen LogP contribution in [-0.2, 0) is 32.9 Å². The largest absolute Gasteiger partial charge is 0.469 e. The average molecular weight is 757 g/mol. The van der Waals surface area contributed by atoms with E-state index in [1.54, 1.807) is 0 Å². The van der Waals surface area contributed by atoms with Gasteiger partial charge in [0, 0.05) is 12.8 Å². The van der Waals surface area contributed by atoms with Crippen molar-refractivity contribution in [1.82, 2.24) is 0 Å². The van der Waals surface area contributed by atoms with Gasteiger partial charge in [-0.25, -0.2) is 4.57 Å². The lowest BCUT2D eigenvalue weighted by Crippen LogP contribution is -2.29. The molecule has 0 amide bonds. The molecule has 0 radical (unpaired) electrons. The highest BCUT2D eigenvalue weighted by Crippen LogP contribution is 2.36. The predicted octanol–water partition coefficient (Wildman–Crippen LogP) is 10.6. The minimum atomic E-state index is -4.79. The van der Waals surface area contributed by atoms with Crippen molar-refractivity contribution in [2.75, 3.05) is 13.2 Å². The van der Waals surface area contributed by atoms with Crippen LogP contribution in [-0.4, -0.2) is 53.3 Å². The van der Waals surface area contributed by atoms with Gasteiger partial charge in [0.1, 0.15) is 6.61 Å². The first-order chi connectivity index (χ1) is 25.7. The van der Waals surface area contributed by atoms with E-state index in [0.29, 0.717) is 25.0 Å². The summed E-state index contributed by atoms with van der Waals surface area (Å²) in [6.45, 7) is 3.32. The summed E-state index contributed by atoms with van der Waals surface area (Å²) < 4.78 is 31.9. The highest BCUT2D eigenvalue weighted by atomic mass is 31.2. The maximum absolute atomic E-state index is 12.4. The maximum Gasteiger partial charge on any atom is 0.469 e. The molecule has 0 bridgehead atoms. The molecule has 1 aliphatic rings. The number of phosphoric acid groups is 1. The third-order valence-corrected chi connectivity index (χ3v) is 8.19. The predicted molar refractivity (Wildman–Crippen MR) is 215 cm³/mol. The molecule has 1 rings (SSSR count). The van der Waals surface area contributed by atoms with Gasteiger partial charge in [0.15, 0.2) is 6.10 Å². The minimum Gasteiger partial charge on any atom is -0.462 e. The number of allylic oxidation sites excluding steroid dienone is 16. The Bertz CT molecular complexity index is 1280. The average Bonchev–Trinajstić information content (AvgIpc) is 3.88. The van der Waals surface area contributed by atoms with E-state index in [2.05, 4.69) is 116 Å². The fourth-order valence-corrected chi connectivity index (χ4v) is 5.14. The molecule has 296 valence electrons. The molecule has 0 aromatic carbocycles. The normalized spacial score (nSPS) is 17.5. The van der Waals surface area contributed by atoms with Gasteiger partial charge in [-0.3, -0.25) is 14.1 Å². The molecule has 1 aliphatic heterocycles. The second-order valence-electron chi connectivity index (χ2n) is 12.5. The number of carbonyl (C=O) groups excluding carboxylic acids is 2. The number of unbranched alkanes of at least 4 members (excludes halogenated alkanes) is 2. The molecule has 1 saturated heterocycles. The highest BCUT2D eigenvalue weighted by Gasteiger charge is 2.35. The lowest BCUT2D eigenvalue weighted by Gasteiger charge is -2.18. The molecule has 0 aliphatic carbocycles. The van der Waals surface area contributed by atoms with Crippen LogP contribution in [0.3, 0.4) is 0 Å². The topological polar surface area (TPSA) is 132 Å². The quantitative estimate of drug-likeness (QED) is 0.0226. The number of phosphoric ester groups is 1. The van der Waals surface area contributed by atoms with Gasteiger partial charge in [0.05, 0.1) is 18.8 Å². The van der Waals surface area contributed by atoms with Crippen molar-refractivity contribution in [1.29, 1.82) is 0 Å². The van der Waals surface area contributed by atoms with Gasteiger partial charge in [0.2, 0.25) is 0 Å². The summed E-state index contributed by atoms with van der Waals surface area (Å²) in [5.41, 5.74) is 0. The third-order valence-electron chi connectivity index (χ3n) is 7.70. The summed E-state index contributed by atoms with van der Waals surface area (Å²) in [4.78, 5) is 42.7. The summed E-state index contributed by atoms with van der Waals surface area (Å²) in [5.74, 6) is -1.05. The zero-order valence-electron chi connectivity index (χ0n) is 32.1. The van der Waals surface area contributed by atoms with Gasteiger partial charge < -0.3 is 24.0 Å². The number of carbonyl (C=O) groups is 2. The molecule has 0 aromatic heterocycles. The van der Waals surface area contributed by atoms with Crippen LogP contribution in [0, 0.1) is 0 Å². The molecular weight excluding hydrogens is 691 g/mol. The van der Waals surface area contributed by atoms with Crippen molar-refractivity contribution in [3.8, 4) is 0 Å². The van der Waals surface area contributed by atoms with Crippen LogP contribution in [0.2, 0.25) is 0 Å². The molecule has 0 saturated carbocycles. The fourth-order valence-electron chi connectivity index (χ4n) is 4.78. The molecule has 0 aromatic rings. The van der Waals surface area contributed by atoms with Crippen molar-refractivity contribution < 1.29 is 42.7 Å². The molecule has 3 atom stereocenters. The zero-order valence-corrected chi connectivity index (χ0v) is 32.9.